The van der Waals surface area contributed by atoms with Gasteiger partial charge in [0.05, 0.1) is 12.6 Å². The highest BCUT2D eigenvalue weighted by Crippen LogP contribution is 2.62. The number of hydrogen-bond acceptors (Lipinski definition) is 1. The smallest absolute Gasteiger partial charge is 0.142 e. The molecule has 0 unspecified atom stereocenters. The third kappa shape index (κ3) is 2.37. The minimum Gasteiger partial charge on any atom is -0.495 e. The van der Waals surface area contributed by atoms with Gasteiger partial charge in [-0.15, -0.1) is 0 Å². The molecule has 2 atom stereocenters. The summed E-state index contributed by atoms with van der Waals surface area (Å²) < 4.78 is 5.57. The van der Waals surface area contributed by atoms with Crippen LogP contribution >= 0.6 is 0 Å². The average molecular weight is 338 g/mol. The quantitative estimate of drug-likeness (QED) is 0.658. The first-order valence-corrected chi connectivity index (χ1v) is 9.73. The van der Waals surface area contributed by atoms with Crippen molar-refractivity contribution in [3.63, 3.8) is 0 Å². The number of fused-ring (bicyclic) bond motifs is 2. The van der Waals surface area contributed by atoms with Crippen LogP contribution < -0.4 is 4.74 Å². The Kier molecular flexibility index (Phi) is 3.79. The van der Waals surface area contributed by atoms with Gasteiger partial charge in [0, 0.05) is 17.1 Å². The summed E-state index contributed by atoms with van der Waals surface area (Å²) in [7, 11) is 1.75. The van der Waals surface area contributed by atoms with Crippen molar-refractivity contribution in [2.24, 2.45) is 16.7 Å². The molecule has 1 aromatic carbocycles. The van der Waals surface area contributed by atoms with Crippen LogP contribution in [0.5, 0.6) is 5.75 Å². The minimum absolute atomic E-state index is 0.280. The fraction of sp³-hybridized carbons (Fsp3) is 0.565. The maximum Gasteiger partial charge on any atom is 0.142 e. The minimum atomic E-state index is 0.280. The molecule has 1 heterocycles. The Morgan fingerprint density at radius 2 is 1.96 bits per heavy atom. The van der Waals surface area contributed by atoms with Crippen LogP contribution in [0.4, 0.5) is 0 Å². The normalized spacial score (nSPS) is 28.9. The van der Waals surface area contributed by atoms with Gasteiger partial charge in [0.1, 0.15) is 5.75 Å². The van der Waals surface area contributed by atoms with E-state index in [2.05, 4.69) is 51.0 Å². The molecule has 1 fully saturated rings. The van der Waals surface area contributed by atoms with E-state index in [0.29, 0.717) is 5.41 Å². The molecule has 2 aliphatic carbocycles. The molecule has 25 heavy (non-hydrogen) atoms. The van der Waals surface area contributed by atoms with E-state index in [1.54, 1.807) is 18.3 Å². The zero-order valence-electron chi connectivity index (χ0n) is 16.3. The summed E-state index contributed by atoms with van der Waals surface area (Å²) in [6.45, 7) is 9.88. The lowest BCUT2D eigenvalue weighted by molar-refractivity contribution is 0.0293. The zero-order chi connectivity index (χ0) is 17.8. The summed E-state index contributed by atoms with van der Waals surface area (Å²) in [6, 6.07) is 6.39. The first-order valence-electron chi connectivity index (χ1n) is 9.73. The summed E-state index contributed by atoms with van der Waals surface area (Å²) in [4.78, 5) is 3.50. The molecule has 1 saturated carbocycles. The Morgan fingerprint density at radius 1 is 1.16 bits per heavy atom. The van der Waals surface area contributed by atoms with Crippen LogP contribution in [0.25, 0.3) is 16.5 Å². The molecule has 2 aromatic rings. The number of aromatic nitrogens is 1. The number of hydrogen-bond donors (Lipinski definition) is 1. The molecule has 4 rings (SSSR count). The van der Waals surface area contributed by atoms with E-state index in [0.717, 1.165) is 17.2 Å². The van der Waals surface area contributed by atoms with Crippen molar-refractivity contribution in [2.45, 2.75) is 59.8 Å². The molecular formula is C23H31NO. The fourth-order valence-corrected chi connectivity index (χ4v) is 6.14. The third-order valence-corrected chi connectivity index (χ3v) is 7.20. The lowest BCUT2D eigenvalue weighted by Gasteiger charge is -2.55. The molecule has 0 saturated heterocycles. The first-order chi connectivity index (χ1) is 11.9. The largest absolute Gasteiger partial charge is 0.495 e. The number of nitrogens with one attached hydrogen (secondary N) is 1. The Bertz CT molecular complexity index is 841. The van der Waals surface area contributed by atoms with Crippen LogP contribution in [0.2, 0.25) is 0 Å². The number of rotatable bonds is 2. The second-order valence-electron chi connectivity index (χ2n) is 9.09. The highest BCUT2D eigenvalue weighted by molar-refractivity contribution is 5.97. The molecule has 1 aromatic heterocycles. The number of ether oxygens (including phenoxy) is 1. The van der Waals surface area contributed by atoms with E-state index in [-0.39, 0.29) is 5.41 Å². The number of allylic oxidation sites excluding steroid dienone is 2. The molecule has 0 spiro atoms. The van der Waals surface area contributed by atoms with Crippen molar-refractivity contribution in [3.8, 4) is 5.75 Å². The standard InChI is InChI=1S/C23H31NO/c1-15-10-11-19-22(2,3)12-7-13-23(19,4)20(15)17-14-24-21-16(17)8-6-9-18(21)25-5/h6,8-9,14,19,24H,7,10-13H2,1-5H3/t19-,23-/m0/s1. The van der Waals surface area contributed by atoms with Crippen LogP contribution in [-0.2, 0) is 0 Å². The van der Waals surface area contributed by atoms with Gasteiger partial charge in [-0.1, -0.05) is 44.9 Å². The first kappa shape index (κ1) is 16.8. The van der Waals surface area contributed by atoms with Crippen LogP contribution in [0.15, 0.2) is 30.0 Å². The van der Waals surface area contributed by atoms with Crippen LogP contribution in [-0.4, -0.2) is 12.1 Å². The van der Waals surface area contributed by atoms with Crippen molar-refractivity contribution >= 4 is 16.5 Å². The molecule has 0 bridgehead atoms. The van der Waals surface area contributed by atoms with Crippen LogP contribution in [0.3, 0.4) is 0 Å². The fourth-order valence-electron chi connectivity index (χ4n) is 6.14. The van der Waals surface area contributed by atoms with Gasteiger partial charge in [0.25, 0.3) is 0 Å². The lowest BCUT2D eigenvalue weighted by atomic mass is 9.49. The van der Waals surface area contributed by atoms with Crippen molar-refractivity contribution in [1.82, 2.24) is 4.98 Å². The molecule has 2 heteroatoms. The number of methoxy groups -OCH3 is 1. The van der Waals surface area contributed by atoms with Crippen molar-refractivity contribution in [2.75, 3.05) is 7.11 Å². The zero-order valence-corrected chi connectivity index (χ0v) is 16.3. The molecular weight excluding hydrogens is 306 g/mol. The molecule has 0 amide bonds. The second-order valence-corrected chi connectivity index (χ2v) is 9.09. The van der Waals surface area contributed by atoms with Gasteiger partial charge < -0.3 is 9.72 Å². The van der Waals surface area contributed by atoms with Crippen LogP contribution in [0, 0.1) is 16.7 Å². The molecule has 0 aliphatic heterocycles. The highest BCUT2D eigenvalue weighted by Gasteiger charge is 2.50. The Hall–Kier alpha value is -1.70. The Balaban J connectivity index is 1.92. The van der Waals surface area contributed by atoms with E-state index >= 15 is 0 Å². The topological polar surface area (TPSA) is 25.0 Å². The van der Waals surface area contributed by atoms with Gasteiger partial charge in [-0.2, -0.15) is 0 Å². The summed E-state index contributed by atoms with van der Waals surface area (Å²) >= 11 is 0. The second kappa shape index (κ2) is 5.65. The van der Waals surface area contributed by atoms with Gasteiger partial charge in [0.15, 0.2) is 0 Å². The SMILES string of the molecule is COc1cccc2c(C3=C(C)CC[C@H]4C(C)(C)CCC[C@]34C)c[nH]c12. The number of para-hydroxylation sites is 1. The summed E-state index contributed by atoms with van der Waals surface area (Å²) in [5.41, 5.74) is 6.43. The monoisotopic (exact) mass is 337 g/mol. The maximum absolute atomic E-state index is 5.57. The van der Waals surface area contributed by atoms with Gasteiger partial charge in [-0.3, -0.25) is 0 Å². The van der Waals surface area contributed by atoms with Gasteiger partial charge in [0.2, 0.25) is 0 Å². The summed E-state index contributed by atoms with van der Waals surface area (Å²) in [6.07, 6.45) is 8.80. The summed E-state index contributed by atoms with van der Waals surface area (Å²) in [5, 5.41) is 1.30. The van der Waals surface area contributed by atoms with Crippen molar-refractivity contribution in [3.05, 3.63) is 35.5 Å². The van der Waals surface area contributed by atoms with Crippen LogP contribution in [0.1, 0.15) is 65.4 Å². The number of benzene rings is 1. The predicted octanol–water partition coefficient (Wildman–Crippen LogP) is 6.58. The van der Waals surface area contributed by atoms with E-state index < -0.39 is 0 Å². The van der Waals surface area contributed by atoms with Gasteiger partial charge >= 0.3 is 0 Å². The van der Waals surface area contributed by atoms with E-state index in [1.807, 2.05) is 6.07 Å². The van der Waals surface area contributed by atoms with E-state index in [9.17, 15) is 0 Å². The van der Waals surface area contributed by atoms with Crippen molar-refractivity contribution < 1.29 is 4.74 Å². The highest BCUT2D eigenvalue weighted by atomic mass is 16.5. The van der Waals surface area contributed by atoms with Gasteiger partial charge in [-0.25, -0.2) is 0 Å². The molecule has 2 aliphatic rings. The lowest BCUT2D eigenvalue weighted by Crippen LogP contribution is -2.44. The van der Waals surface area contributed by atoms with E-state index in [1.165, 1.54) is 43.1 Å². The molecule has 2 nitrogen and oxygen atoms in total. The summed E-state index contributed by atoms with van der Waals surface area (Å²) in [5.74, 6) is 1.70. The van der Waals surface area contributed by atoms with Gasteiger partial charge in [-0.05, 0) is 61.0 Å². The van der Waals surface area contributed by atoms with E-state index in [4.69, 9.17) is 4.74 Å². The molecule has 134 valence electrons. The maximum atomic E-state index is 5.57. The molecule has 0 radical (unpaired) electrons. The Labute approximate surface area is 151 Å². The Morgan fingerprint density at radius 3 is 2.72 bits per heavy atom. The predicted molar refractivity (Wildman–Crippen MR) is 106 cm³/mol. The number of H-pyrrole nitrogens is 1. The molecule has 1 N–H and O–H groups in total. The average Bonchev–Trinajstić information content (AvgIpc) is 2.97. The third-order valence-electron chi connectivity index (χ3n) is 7.20. The number of aromatic amines is 1. The van der Waals surface area contributed by atoms with Crippen molar-refractivity contribution in [1.29, 1.82) is 0 Å².